The van der Waals surface area contributed by atoms with Gasteiger partial charge in [-0.15, -0.1) is 0 Å². The Morgan fingerprint density at radius 1 is 1.04 bits per heavy atom. The average molecular weight is 317 g/mol. The van der Waals surface area contributed by atoms with E-state index in [0.29, 0.717) is 13.0 Å². The number of phenolic OH excluding ortho intramolecular Hbond substituents is 1. The second-order valence-corrected chi connectivity index (χ2v) is 6.21. The fourth-order valence-electron chi connectivity index (χ4n) is 3.74. The van der Waals surface area contributed by atoms with E-state index < -0.39 is 0 Å². The monoisotopic (exact) mass is 317 g/mol. The van der Waals surface area contributed by atoms with Gasteiger partial charge in [0.2, 0.25) is 5.91 Å². The highest BCUT2D eigenvalue weighted by Gasteiger charge is 2.32. The molecule has 3 aromatic carbocycles. The summed E-state index contributed by atoms with van der Waals surface area (Å²) < 4.78 is 0. The highest BCUT2D eigenvalue weighted by Crippen LogP contribution is 2.44. The van der Waals surface area contributed by atoms with E-state index in [2.05, 4.69) is 24.3 Å². The van der Waals surface area contributed by atoms with Crippen LogP contribution >= 0.6 is 0 Å². The van der Waals surface area contributed by atoms with Crippen LogP contribution in [0.2, 0.25) is 0 Å². The van der Waals surface area contributed by atoms with E-state index >= 15 is 0 Å². The number of carbonyl (C=O) groups is 1. The first-order valence-corrected chi connectivity index (χ1v) is 8.30. The molecule has 120 valence electrons. The fraction of sp³-hybridized carbons (Fsp3) is 0.190. The van der Waals surface area contributed by atoms with Gasteiger partial charge in [0.1, 0.15) is 5.75 Å². The molecule has 1 heterocycles. The molecule has 0 bridgehead atoms. The molecule has 1 aliphatic heterocycles. The molecule has 3 nitrogen and oxygen atoms in total. The van der Waals surface area contributed by atoms with E-state index in [9.17, 15) is 9.90 Å². The lowest BCUT2D eigenvalue weighted by atomic mass is 9.81. The SMILES string of the molecule is CCN1C(=O)CC(c2ccc(O)cc2)c2c1ccc1ccccc21. The fourth-order valence-corrected chi connectivity index (χ4v) is 3.74. The molecule has 0 radical (unpaired) electrons. The van der Waals surface area contributed by atoms with E-state index in [1.165, 1.54) is 16.3 Å². The lowest BCUT2D eigenvalue weighted by Gasteiger charge is -2.34. The van der Waals surface area contributed by atoms with Crippen LogP contribution in [0.25, 0.3) is 10.8 Å². The van der Waals surface area contributed by atoms with Gasteiger partial charge in [0.05, 0.1) is 0 Å². The van der Waals surface area contributed by atoms with E-state index in [-0.39, 0.29) is 17.6 Å². The molecular weight excluding hydrogens is 298 g/mol. The summed E-state index contributed by atoms with van der Waals surface area (Å²) in [6.07, 6.45) is 0.458. The van der Waals surface area contributed by atoms with E-state index in [1.54, 1.807) is 12.1 Å². The summed E-state index contributed by atoms with van der Waals surface area (Å²) in [5.41, 5.74) is 3.28. The second-order valence-electron chi connectivity index (χ2n) is 6.21. The number of hydrogen-bond donors (Lipinski definition) is 1. The third-order valence-corrected chi connectivity index (χ3v) is 4.88. The Bertz CT molecular complexity index is 915. The Labute approximate surface area is 141 Å². The lowest BCUT2D eigenvalue weighted by Crippen LogP contribution is -2.36. The molecular formula is C21H19NO2. The van der Waals surface area contributed by atoms with Crippen LogP contribution in [0.1, 0.15) is 30.4 Å². The van der Waals surface area contributed by atoms with Crippen molar-refractivity contribution in [1.29, 1.82) is 0 Å². The number of benzene rings is 3. The predicted molar refractivity (Wildman–Crippen MR) is 96.5 cm³/mol. The Morgan fingerprint density at radius 2 is 1.79 bits per heavy atom. The molecule has 1 aliphatic rings. The molecule has 0 aliphatic carbocycles. The quantitative estimate of drug-likeness (QED) is 0.759. The largest absolute Gasteiger partial charge is 0.508 e. The zero-order chi connectivity index (χ0) is 16.7. The molecule has 3 heteroatoms. The van der Waals surface area contributed by atoms with Crippen molar-refractivity contribution in [2.24, 2.45) is 0 Å². The summed E-state index contributed by atoms with van der Waals surface area (Å²) in [5, 5.41) is 12.0. The van der Waals surface area contributed by atoms with Crippen LogP contribution in [0, 0.1) is 0 Å². The number of nitrogens with zero attached hydrogens (tertiary/aromatic N) is 1. The molecule has 0 aromatic heterocycles. The van der Waals surface area contributed by atoms with Crippen LogP contribution in [-0.2, 0) is 4.79 Å². The first-order valence-electron chi connectivity index (χ1n) is 8.30. The topological polar surface area (TPSA) is 40.5 Å². The number of rotatable bonds is 2. The van der Waals surface area contributed by atoms with Gasteiger partial charge < -0.3 is 10.0 Å². The van der Waals surface area contributed by atoms with Crippen molar-refractivity contribution in [2.45, 2.75) is 19.3 Å². The minimum absolute atomic E-state index is 0.0157. The van der Waals surface area contributed by atoms with Crippen molar-refractivity contribution >= 4 is 22.4 Å². The average Bonchev–Trinajstić information content (AvgIpc) is 2.61. The van der Waals surface area contributed by atoms with Crippen molar-refractivity contribution < 1.29 is 9.90 Å². The van der Waals surface area contributed by atoms with Crippen LogP contribution < -0.4 is 4.90 Å². The maximum atomic E-state index is 12.7. The summed E-state index contributed by atoms with van der Waals surface area (Å²) in [4.78, 5) is 14.5. The summed E-state index contributed by atoms with van der Waals surface area (Å²) in [5.74, 6) is 0.412. The van der Waals surface area contributed by atoms with Crippen molar-refractivity contribution in [1.82, 2.24) is 0 Å². The summed E-state index contributed by atoms with van der Waals surface area (Å²) in [7, 11) is 0. The molecule has 24 heavy (non-hydrogen) atoms. The smallest absolute Gasteiger partial charge is 0.227 e. The molecule has 3 aromatic rings. The number of aromatic hydroxyl groups is 1. The van der Waals surface area contributed by atoms with Crippen molar-refractivity contribution in [3.05, 3.63) is 71.8 Å². The van der Waals surface area contributed by atoms with Gasteiger partial charge in [-0.2, -0.15) is 0 Å². The maximum absolute atomic E-state index is 12.7. The highest BCUT2D eigenvalue weighted by atomic mass is 16.3. The number of carbonyl (C=O) groups excluding carboxylic acids is 1. The predicted octanol–water partition coefficient (Wildman–Crippen LogP) is 4.43. The maximum Gasteiger partial charge on any atom is 0.227 e. The first kappa shape index (κ1) is 14.8. The van der Waals surface area contributed by atoms with Crippen molar-refractivity contribution in [2.75, 3.05) is 11.4 Å². The van der Waals surface area contributed by atoms with Gasteiger partial charge >= 0.3 is 0 Å². The Morgan fingerprint density at radius 3 is 2.54 bits per heavy atom. The van der Waals surface area contributed by atoms with Gasteiger partial charge in [-0.1, -0.05) is 42.5 Å². The van der Waals surface area contributed by atoms with Crippen molar-refractivity contribution in [3.63, 3.8) is 0 Å². The normalized spacial score (nSPS) is 17.1. The minimum Gasteiger partial charge on any atom is -0.508 e. The molecule has 4 rings (SSSR count). The van der Waals surface area contributed by atoms with Crippen LogP contribution in [-0.4, -0.2) is 17.6 Å². The molecule has 1 N–H and O–H groups in total. The Kier molecular flexibility index (Phi) is 3.49. The number of amides is 1. The van der Waals surface area contributed by atoms with E-state index in [0.717, 1.165) is 11.3 Å². The van der Waals surface area contributed by atoms with Crippen molar-refractivity contribution in [3.8, 4) is 5.75 Å². The first-order chi connectivity index (χ1) is 11.7. The van der Waals surface area contributed by atoms with Crippen LogP contribution in [0.3, 0.4) is 0 Å². The third kappa shape index (κ3) is 2.24. The molecule has 0 saturated heterocycles. The van der Waals surface area contributed by atoms with E-state index in [4.69, 9.17) is 0 Å². The Hall–Kier alpha value is -2.81. The standard InChI is InChI=1S/C21H19NO2/c1-2-22-19-12-9-14-5-3-4-6-17(14)21(19)18(13-20(22)24)15-7-10-16(23)11-8-15/h3-12,18,23H,2,13H2,1H3. The number of fused-ring (bicyclic) bond motifs is 3. The molecule has 0 saturated carbocycles. The summed E-state index contributed by atoms with van der Waals surface area (Å²) >= 11 is 0. The highest BCUT2D eigenvalue weighted by molar-refractivity contribution is 6.03. The number of phenols is 1. The van der Waals surface area contributed by atoms with Gasteiger partial charge in [0, 0.05) is 24.6 Å². The number of anilines is 1. The van der Waals surface area contributed by atoms with Gasteiger partial charge in [0.15, 0.2) is 0 Å². The van der Waals surface area contributed by atoms with E-state index in [1.807, 2.05) is 36.1 Å². The lowest BCUT2D eigenvalue weighted by molar-refractivity contribution is -0.119. The van der Waals surface area contributed by atoms with Gasteiger partial charge in [-0.3, -0.25) is 4.79 Å². The zero-order valence-corrected chi connectivity index (χ0v) is 13.6. The number of hydrogen-bond acceptors (Lipinski definition) is 2. The summed E-state index contributed by atoms with van der Waals surface area (Å²) in [6.45, 7) is 2.68. The van der Waals surface area contributed by atoms with Gasteiger partial charge in [-0.05, 0) is 47.0 Å². The zero-order valence-electron chi connectivity index (χ0n) is 13.6. The van der Waals surface area contributed by atoms with Crippen LogP contribution in [0.4, 0.5) is 5.69 Å². The van der Waals surface area contributed by atoms with Gasteiger partial charge in [0.25, 0.3) is 0 Å². The third-order valence-electron chi connectivity index (χ3n) is 4.88. The Balaban J connectivity index is 1.99. The molecule has 1 amide bonds. The van der Waals surface area contributed by atoms with Gasteiger partial charge in [-0.25, -0.2) is 0 Å². The minimum atomic E-state index is 0.0157. The summed E-state index contributed by atoms with van der Waals surface area (Å²) in [6, 6.07) is 19.7. The van der Waals surface area contributed by atoms with Crippen LogP contribution in [0.15, 0.2) is 60.7 Å². The molecule has 1 atom stereocenters. The molecule has 1 unspecified atom stereocenters. The molecule has 0 spiro atoms. The second kappa shape index (κ2) is 5.68. The van der Waals surface area contributed by atoms with Crippen LogP contribution in [0.5, 0.6) is 5.75 Å². The molecule has 0 fully saturated rings.